The molecule has 10 rings (SSSR count). The van der Waals surface area contributed by atoms with Crippen LogP contribution in [0.1, 0.15) is 0 Å². The van der Waals surface area contributed by atoms with E-state index >= 15 is 0 Å². The van der Waals surface area contributed by atoms with Gasteiger partial charge in [0.25, 0.3) is 0 Å². The number of hydrogen-bond donors (Lipinski definition) is 0. The molecular formula is C42H26N2O2. The van der Waals surface area contributed by atoms with Crippen molar-refractivity contribution in [1.29, 1.82) is 0 Å². The zero-order chi connectivity index (χ0) is 30.2. The van der Waals surface area contributed by atoms with E-state index in [9.17, 15) is 0 Å². The quantitative estimate of drug-likeness (QED) is 0.205. The Labute approximate surface area is 264 Å². The lowest BCUT2D eigenvalue weighted by atomic mass is 10.0. The smallest absolute Gasteiger partial charge is 0.152 e. The van der Waals surface area contributed by atoms with E-state index in [-0.39, 0.29) is 0 Å². The summed E-state index contributed by atoms with van der Waals surface area (Å²) in [5.74, 6) is 1.68. The number of furan rings is 1. The lowest BCUT2D eigenvalue weighted by molar-refractivity contribution is 0.477. The second-order valence-corrected chi connectivity index (χ2v) is 11.8. The molecule has 0 aliphatic carbocycles. The van der Waals surface area contributed by atoms with Crippen LogP contribution in [0.25, 0.3) is 60.6 Å². The first-order valence-electron chi connectivity index (χ1n) is 15.5. The van der Waals surface area contributed by atoms with Gasteiger partial charge in [-0.3, -0.25) is 0 Å². The van der Waals surface area contributed by atoms with Crippen molar-refractivity contribution < 1.29 is 9.15 Å². The molecule has 2 aromatic heterocycles. The van der Waals surface area contributed by atoms with Crippen LogP contribution in [0.2, 0.25) is 0 Å². The third-order valence-corrected chi connectivity index (χ3v) is 9.17. The van der Waals surface area contributed by atoms with Gasteiger partial charge in [-0.1, -0.05) is 78.9 Å². The fraction of sp³-hybridized carbons (Fsp3) is 0. The first-order chi connectivity index (χ1) is 22.8. The minimum absolute atomic E-state index is 0.836. The fourth-order valence-electron chi connectivity index (χ4n) is 7.08. The average molecular weight is 591 g/mol. The Kier molecular flexibility index (Phi) is 5.25. The molecular weight excluding hydrogens is 564 g/mol. The van der Waals surface area contributed by atoms with Gasteiger partial charge in [-0.25, -0.2) is 0 Å². The number of anilines is 3. The van der Waals surface area contributed by atoms with Gasteiger partial charge in [0, 0.05) is 32.9 Å². The van der Waals surface area contributed by atoms with Gasteiger partial charge in [0.15, 0.2) is 11.5 Å². The molecule has 0 atom stereocenters. The molecule has 0 spiro atoms. The van der Waals surface area contributed by atoms with Crippen molar-refractivity contribution in [2.45, 2.75) is 0 Å². The summed E-state index contributed by atoms with van der Waals surface area (Å²) in [4.78, 5) is 2.27. The van der Waals surface area contributed by atoms with E-state index in [1.54, 1.807) is 0 Å². The zero-order valence-electron chi connectivity index (χ0n) is 24.7. The molecule has 0 amide bonds. The van der Waals surface area contributed by atoms with Crippen LogP contribution < -0.4 is 9.64 Å². The Morgan fingerprint density at radius 3 is 2.02 bits per heavy atom. The Bertz CT molecular complexity index is 2630. The molecule has 4 nitrogen and oxygen atoms in total. The van der Waals surface area contributed by atoms with Crippen LogP contribution in [0.4, 0.5) is 17.1 Å². The molecule has 0 N–H and O–H groups in total. The van der Waals surface area contributed by atoms with Gasteiger partial charge in [0.2, 0.25) is 0 Å². The summed E-state index contributed by atoms with van der Waals surface area (Å²) < 4.78 is 15.0. The van der Waals surface area contributed by atoms with Crippen LogP contribution in [0, 0.1) is 0 Å². The molecule has 4 heteroatoms. The van der Waals surface area contributed by atoms with Crippen LogP contribution in [-0.2, 0) is 0 Å². The fourth-order valence-corrected chi connectivity index (χ4v) is 7.08. The maximum absolute atomic E-state index is 6.52. The van der Waals surface area contributed by atoms with Crippen molar-refractivity contribution in [2.75, 3.05) is 4.90 Å². The summed E-state index contributed by atoms with van der Waals surface area (Å²) in [6.45, 7) is 0. The lowest BCUT2D eigenvalue weighted by Crippen LogP contribution is -2.15. The van der Waals surface area contributed by atoms with Crippen LogP contribution >= 0.6 is 0 Å². The molecule has 1 aliphatic rings. The van der Waals surface area contributed by atoms with Crippen molar-refractivity contribution >= 4 is 60.8 Å². The molecule has 0 saturated carbocycles. The van der Waals surface area contributed by atoms with Gasteiger partial charge < -0.3 is 18.6 Å². The monoisotopic (exact) mass is 590 g/mol. The summed E-state index contributed by atoms with van der Waals surface area (Å²) in [6, 6.07) is 55.4. The van der Waals surface area contributed by atoms with Gasteiger partial charge >= 0.3 is 0 Å². The van der Waals surface area contributed by atoms with Gasteiger partial charge in [-0.05, 0) is 90.0 Å². The number of hydrogen-bond acceptors (Lipinski definition) is 3. The number of rotatable bonds is 3. The number of para-hydroxylation sites is 5. The minimum atomic E-state index is 0.836. The first kappa shape index (κ1) is 25.1. The molecule has 9 aromatic rings. The van der Waals surface area contributed by atoms with Gasteiger partial charge in [0.05, 0.1) is 22.4 Å². The van der Waals surface area contributed by atoms with E-state index in [2.05, 4.69) is 137 Å². The van der Waals surface area contributed by atoms with Crippen LogP contribution in [0.15, 0.2) is 162 Å². The van der Waals surface area contributed by atoms with Crippen molar-refractivity contribution in [3.8, 4) is 28.3 Å². The van der Waals surface area contributed by atoms with Crippen LogP contribution in [-0.4, -0.2) is 4.57 Å². The molecule has 216 valence electrons. The number of fused-ring (bicyclic) bond motifs is 8. The van der Waals surface area contributed by atoms with E-state index in [1.165, 1.54) is 16.3 Å². The van der Waals surface area contributed by atoms with E-state index < -0.39 is 0 Å². The van der Waals surface area contributed by atoms with Crippen molar-refractivity contribution in [2.24, 2.45) is 0 Å². The molecule has 46 heavy (non-hydrogen) atoms. The van der Waals surface area contributed by atoms with Gasteiger partial charge in [0.1, 0.15) is 11.2 Å². The van der Waals surface area contributed by atoms with E-state index in [4.69, 9.17) is 9.15 Å². The summed E-state index contributed by atoms with van der Waals surface area (Å²) in [5.41, 5.74) is 10.7. The number of aromatic nitrogens is 1. The van der Waals surface area contributed by atoms with Gasteiger partial charge in [-0.15, -0.1) is 0 Å². The molecule has 0 unspecified atom stereocenters. The first-order valence-corrected chi connectivity index (χ1v) is 15.5. The molecule has 0 radical (unpaired) electrons. The molecule has 0 bridgehead atoms. The highest BCUT2D eigenvalue weighted by Crippen LogP contribution is 2.51. The van der Waals surface area contributed by atoms with Crippen LogP contribution in [0.5, 0.6) is 11.5 Å². The molecule has 7 aromatic carbocycles. The normalized spacial score (nSPS) is 12.5. The largest absolute Gasteiger partial charge is 0.456 e. The second kappa shape index (κ2) is 9.62. The molecule has 0 saturated heterocycles. The number of nitrogens with zero attached hydrogens (tertiary/aromatic N) is 2. The van der Waals surface area contributed by atoms with Crippen molar-refractivity contribution in [3.05, 3.63) is 158 Å². The Morgan fingerprint density at radius 1 is 0.391 bits per heavy atom. The standard InChI is InChI=1S/C42H26N2O2/c1-2-10-29(11-3-1)43-37-15-7-9-17-41(37)46-42-25-28(19-22-38(42)43)27-18-21-36-33(24-27)31-12-4-6-14-35(31)44(36)30-20-23-40-34(26-30)32-13-5-8-16-39(32)45-40/h1-26H. The Hall–Kier alpha value is -6.26. The highest BCUT2D eigenvalue weighted by molar-refractivity contribution is 6.11. The number of ether oxygens (including phenoxy) is 1. The van der Waals surface area contributed by atoms with Gasteiger partial charge in [-0.2, -0.15) is 0 Å². The topological polar surface area (TPSA) is 30.5 Å². The minimum Gasteiger partial charge on any atom is -0.456 e. The SMILES string of the molecule is c1ccc(N2c3ccccc3Oc3cc(-c4ccc5c(c4)c4ccccc4n5-c4ccc5oc6ccccc6c5c4)ccc32)cc1. The van der Waals surface area contributed by atoms with Crippen LogP contribution in [0.3, 0.4) is 0 Å². The summed E-state index contributed by atoms with van der Waals surface area (Å²) in [6.07, 6.45) is 0. The maximum atomic E-state index is 6.52. The third-order valence-electron chi connectivity index (χ3n) is 9.17. The summed E-state index contributed by atoms with van der Waals surface area (Å²) in [7, 11) is 0. The second-order valence-electron chi connectivity index (χ2n) is 11.8. The third kappa shape index (κ3) is 3.67. The predicted octanol–water partition coefficient (Wildman–Crippen LogP) is 11.9. The average Bonchev–Trinajstić information content (AvgIpc) is 3.65. The molecule has 3 heterocycles. The predicted molar refractivity (Wildman–Crippen MR) is 188 cm³/mol. The number of benzene rings is 7. The van der Waals surface area contributed by atoms with E-state index in [0.717, 1.165) is 72.8 Å². The summed E-state index contributed by atoms with van der Waals surface area (Å²) >= 11 is 0. The van der Waals surface area contributed by atoms with E-state index in [0.29, 0.717) is 0 Å². The van der Waals surface area contributed by atoms with E-state index in [1.807, 2.05) is 30.3 Å². The zero-order valence-corrected chi connectivity index (χ0v) is 24.7. The maximum Gasteiger partial charge on any atom is 0.152 e. The Balaban J connectivity index is 1.12. The Morgan fingerprint density at radius 2 is 1.09 bits per heavy atom. The highest BCUT2D eigenvalue weighted by Gasteiger charge is 2.26. The lowest BCUT2D eigenvalue weighted by Gasteiger charge is -2.33. The summed E-state index contributed by atoms with van der Waals surface area (Å²) in [5, 5.41) is 4.68. The molecule has 1 aliphatic heterocycles. The van der Waals surface area contributed by atoms with Crippen molar-refractivity contribution in [1.82, 2.24) is 4.57 Å². The molecule has 0 fully saturated rings. The van der Waals surface area contributed by atoms with Crippen molar-refractivity contribution in [3.63, 3.8) is 0 Å². The highest BCUT2D eigenvalue weighted by atomic mass is 16.5.